The van der Waals surface area contributed by atoms with Gasteiger partial charge < -0.3 is 14.5 Å². The zero-order chi connectivity index (χ0) is 23.7. The van der Waals surface area contributed by atoms with Crippen molar-refractivity contribution in [2.75, 3.05) is 32.1 Å². The Morgan fingerprint density at radius 2 is 1.85 bits per heavy atom. The predicted molar refractivity (Wildman–Crippen MR) is 124 cm³/mol. The molecule has 0 unspecified atom stereocenters. The van der Waals surface area contributed by atoms with Gasteiger partial charge >= 0.3 is 5.97 Å². The van der Waals surface area contributed by atoms with Crippen molar-refractivity contribution in [2.24, 2.45) is 0 Å². The van der Waals surface area contributed by atoms with Crippen LogP contribution in [0, 0.1) is 0 Å². The molecule has 33 heavy (non-hydrogen) atoms. The van der Waals surface area contributed by atoms with Gasteiger partial charge in [0.15, 0.2) is 5.69 Å². The van der Waals surface area contributed by atoms with E-state index in [1.807, 2.05) is 0 Å². The first-order valence-corrected chi connectivity index (χ1v) is 10.9. The summed E-state index contributed by atoms with van der Waals surface area (Å²) in [5, 5.41) is 4.92. The van der Waals surface area contributed by atoms with Gasteiger partial charge in [0.05, 0.1) is 12.3 Å². The number of amides is 2. The third kappa shape index (κ3) is 4.21. The predicted octanol–water partition coefficient (Wildman–Crippen LogP) is 3.61. The maximum atomic E-state index is 13.7. The van der Waals surface area contributed by atoms with Crippen molar-refractivity contribution in [1.29, 1.82) is 0 Å². The fourth-order valence-electron chi connectivity index (χ4n) is 3.83. The quantitative estimate of drug-likeness (QED) is 0.536. The van der Waals surface area contributed by atoms with Gasteiger partial charge in [-0.1, -0.05) is 23.7 Å². The van der Waals surface area contributed by atoms with Crippen LogP contribution in [0.3, 0.4) is 0 Å². The minimum Gasteiger partial charge on any atom is -0.461 e. The van der Waals surface area contributed by atoms with Crippen molar-refractivity contribution in [3.05, 3.63) is 76.1 Å². The molecule has 0 saturated heterocycles. The molecular formula is C24H23ClN4O4. The lowest BCUT2D eigenvalue weighted by atomic mass is 10.0. The van der Waals surface area contributed by atoms with Crippen LogP contribution in [0.25, 0.3) is 5.69 Å². The molecule has 8 nitrogen and oxygen atoms in total. The Kier molecular flexibility index (Phi) is 6.20. The Bertz CT molecular complexity index is 1250. The van der Waals surface area contributed by atoms with E-state index in [9.17, 15) is 14.4 Å². The molecule has 0 radical (unpaired) electrons. The van der Waals surface area contributed by atoms with E-state index in [2.05, 4.69) is 5.10 Å². The number of hydrogen-bond acceptors (Lipinski definition) is 5. The summed E-state index contributed by atoms with van der Waals surface area (Å²) in [5.41, 5.74) is 2.56. The Morgan fingerprint density at radius 1 is 1.12 bits per heavy atom. The molecule has 0 aliphatic carbocycles. The first kappa shape index (κ1) is 22.5. The second-order valence-electron chi connectivity index (χ2n) is 7.74. The summed E-state index contributed by atoms with van der Waals surface area (Å²) < 4.78 is 6.61. The number of hydrogen-bond donors (Lipinski definition) is 0. The second-order valence-corrected chi connectivity index (χ2v) is 8.18. The molecule has 2 aromatic carbocycles. The van der Waals surface area contributed by atoms with Crippen molar-refractivity contribution >= 4 is 35.1 Å². The van der Waals surface area contributed by atoms with Gasteiger partial charge in [-0.2, -0.15) is 5.10 Å². The maximum Gasteiger partial charge on any atom is 0.359 e. The molecule has 0 fully saturated rings. The van der Waals surface area contributed by atoms with E-state index in [4.69, 9.17) is 16.3 Å². The highest BCUT2D eigenvalue weighted by molar-refractivity contribution is 6.30. The van der Waals surface area contributed by atoms with Crippen molar-refractivity contribution in [3.8, 4) is 5.69 Å². The molecule has 2 amide bonds. The molecule has 0 N–H and O–H groups in total. The first-order chi connectivity index (χ1) is 15.8. The van der Waals surface area contributed by atoms with Crippen molar-refractivity contribution < 1.29 is 19.1 Å². The Hall–Kier alpha value is -3.65. The van der Waals surface area contributed by atoms with Crippen LogP contribution in [0.1, 0.15) is 43.8 Å². The van der Waals surface area contributed by atoms with Gasteiger partial charge in [-0.3, -0.25) is 9.59 Å². The number of rotatable bonds is 5. The summed E-state index contributed by atoms with van der Waals surface area (Å²) in [6, 6.07) is 13.8. The number of esters is 1. The molecule has 9 heteroatoms. The third-order valence-electron chi connectivity index (χ3n) is 5.35. The lowest BCUT2D eigenvalue weighted by molar-refractivity contribution is 0.0517. The van der Waals surface area contributed by atoms with Crippen LogP contribution >= 0.6 is 11.6 Å². The highest BCUT2D eigenvalue weighted by Crippen LogP contribution is 2.30. The van der Waals surface area contributed by atoms with Gasteiger partial charge in [0, 0.05) is 42.5 Å². The molecule has 1 aromatic heterocycles. The molecule has 0 saturated carbocycles. The van der Waals surface area contributed by atoms with Gasteiger partial charge in [-0.05, 0) is 49.7 Å². The summed E-state index contributed by atoms with van der Waals surface area (Å²) in [5.74, 6) is -1.06. The summed E-state index contributed by atoms with van der Waals surface area (Å²) in [6.07, 6.45) is 0.404. The molecule has 1 aliphatic rings. The normalized spacial score (nSPS) is 13.0. The number of benzene rings is 2. The summed E-state index contributed by atoms with van der Waals surface area (Å²) >= 11 is 6.17. The Balaban J connectivity index is 1.81. The molecular weight excluding hydrogens is 444 g/mol. The Labute approximate surface area is 196 Å². The standard InChI is InChI=1S/C24H23ClN4O4/c1-4-33-24(32)20-19-11-12-28(17-9-5-7-15(13-17)22(30)27(2)3)23(31)21(19)29(26-20)18-10-6-8-16(25)14-18/h5-10,13-14H,4,11-12H2,1-3H3. The maximum absolute atomic E-state index is 13.7. The summed E-state index contributed by atoms with van der Waals surface area (Å²) in [7, 11) is 3.35. The molecule has 170 valence electrons. The molecule has 2 heterocycles. The van der Waals surface area contributed by atoms with Crippen molar-refractivity contribution in [3.63, 3.8) is 0 Å². The van der Waals surface area contributed by atoms with E-state index in [1.54, 1.807) is 74.4 Å². The fraction of sp³-hybridized carbons (Fsp3) is 0.250. The average Bonchev–Trinajstić information content (AvgIpc) is 3.20. The molecule has 1 aliphatic heterocycles. The first-order valence-electron chi connectivity index (χ1n) is 10.5. The smallest absolute Gasteiger partial charge is 0.359 e. The SMILES string of the molecule is CCOC(=O)c1nn(-c2cccc(Cl)c2)c2c1CCN(c1cccc(C(=O)N(C)C)c1)C2=O. The molecule has 3 aromatic rings. The fourth-order valence-corrected chi connectivity index (χ4v) is 4.01. The summed E-state index contributed by atoms with van der Waals surface area (Å²) in [6.45, 7) is 2.25. The minimum absolute atomic E-state index is 0.122. The van der Waals surface area contributed by atoms with Gasteiger partial charge in [0.2, 0.25) is 0 Å². The number of carbonyl (C=O) groups excluding carboxylic acids is 3. The van der Waals surface area contributed by atoms with E-state index < -0.39 is 5.97 Å². The molecule has 0 atom stereocenters. The number of fused-ring (bicyclic) bond motifs is 1. The largest absolute Gasteiger partial charge is 0.461 e. The van der Waals surface area contributed by atoms with Crippen LogP contribution in [0.2, 0.25) is 5.02 Å². The highest BCUT2D eigenvalue weighted by Gasteiger charge is 2.35. The van der Waals surface area contributed by atoms with E-state index in [0.29, 0.717) is 40.5 Å². The molecule has 0 spiro atoms. The van der Waals surface area contributed by atoms with Crippen LogP contribution in [0.5, 0.6) is 0 Å². The zero-order valence-corrected chi connectivity index (χ0v) is 19.3. The van der Waals surface area contributed by atoms with Crippen LogP contribution in [-0.2, 0) is 11.2 Å². The summed E-state index contributed by atoms with van der Waals surface area (Å²) in [4.78, 5) is 41.8. The average molecular weight is 467 g/mol. The minimum atomic E-state index is -0.575. The number of nitrogens with zero attached hydrogens (tertiary/aromatic N) is 4. The topological polar surface area (TPSA) is 84.7 Å². The number of carbonyl (C=O) groups is 3. The number of ether oxygens (including phenoxy) is 1. The van der Waals surface area contributed by atoms with Crippen LogP contribution in [0.4, 0.5) is 5.69 Å². The Morgan fingerprint density at radius 3 is 2.55 bits per heavy atom. The van der Waals surface area contributed by atoms with Crippen LogP contribution in [-0.4, -0.2) is 59.7 Å². The van der Waals surface area contributed by atoms with Gasteiger partial charge in [-0.15, -0.1) is 0 Å². The highest BCUT2D eigenvalue weighted by atomic mass is 35.5. The van der Waals surface area contributed by atoms with Crippen LogP contribution < -0.4 is 4.90 Å². The van der Waals surface area contributed by atoms with Crippen molar-refractivity contribution in [1.82, 2.24) is 14.7 Å². The lowest BCUT2D eigenvalue weighted by Crippen LogP contribution is -2.39. The monoisotopic (exact) mass is 466 g/mol. The number of aromatic nitrogens is 2. The van der Waals surface area contributed by atoms with E-state index in [-0.39, 0.29) is 29.8 Å². The van der Waals surface area contributed by atoms with E-state index in [1.165, 1.54) is 9.58 Å². The van der Waals surface area contributed by atoms with Gasteiger partial charge in [0.1, 0.15) is 5.69 Å². The lowest BCUT2D eigenvalue weighted by Gasteiger charge is -2.28. The van der Waals surface area contributed by atoms with Gasteiger partial charge in [-0.25, -0.2) is 9.48 Å². The van der Waals surface area contributed by atoms with Gasteiger partial charge in [0.25, 0.3) is 11.8 Å². The van der Waals surface area contributed by atoms with Crippen LogP contribution in [0.15, 0.2) is 48.5 Å². The van der Waals surface area contributed by atoms with E-state index >= 15 is 0 Å². The number of anilines is 1. The zero-order valence-electron chi connectivity index (χ0n) is 18.5. The second kappa shape index (κ2) is 9.07. The number of halogens is 1. The van der Waals surface area contributed by atoms with E-state index in [0.717, 1.165) is 0 Å². The molecule has 4 rings (SSSR count). The molecule has 0 bridgehead atoms. The third-order valence-corrected chi connectivity index (χ3v) is 5.58. The van der Waals surface area contributed by atoms with Crippen molar-refractivity contribution in [2.45, 2.75) is 13.3 Å².